The molecule has 7 nitrogen and oxygen atoms in total. The first-order valence-corrected chi connectivity index (χ1v) is 7.51. The van der Waals surface area contributed by atoms with Gasteiger partial charge in [0, 0.05) is 30.9 Å². The number of amides is 1. The van der Waals surface area contributed by atoms with Crippen molar-refractivity contribution < 1.29 is 4.79 Å². The van der Waals surface area contributed by atoms with Gasteiger partial charge in [-0.1, -0.05) is 6.92 Å². The molecule has 1 fully saturated rings. The van der Waals surface area contributed by atoms with Crippen molar-refractivity contribution in [2.45, 2.75) is 25.8 Å². The standard InChI is InChI=1S/C15H20N6O.2ClH/c1-11-3-5-20(13(6-11)8-16)15(22)12-2-4-18-14(7-12)21-10-17-9-19-21;;/h2,4,7,9-11,13H,3,5-6,8,16H2,1H3;2*1H. The summed E-state index contributed by atoms with van der Waals surface area (Å²) in [5.74, 6) is 1.20. The summed E-state index contributed by atoms with van der Waals surface area (Å²) in [5.41, 5.74) is 6.46. The van der Waals surface area contributed by atoms with Gasteiger partial charge in [0.2, 0.25) is 0 Å². The number of rotatable bonds is 3. The second kappa shape index (κ2) is 8.96. The molecule has 1 aliphatic rings. The average molecular weight is 373 g/mol. The molecule has 2 atom stereocenters. The van der Waals surface area contributed by atoms with Crippen LogP contribution in [0.25, 0.3) is 5.82 Å². The highest BCUT2D eigenvalue weighted by molar-refractivity contribution is 5.94. The Hall–Kier alpha value is -1.70. The summed E-state index contributed by atoms with van der Waals surface area (Å²) in [7, 11) is 0. The molecule has 3 heterocycles. The second-order valence-corrected chi connectivity index (χ2v) is 5.76. The number of nitrogens with zero attached hydrogens (tertiary/aromatic N) is 5. The fourth-order valence-corrected chi connectivity index (χ4v) is 2.91. The van der Waals surface area contributed by atoms with Crippen LogP contribution in [0.5, 0.6) is 0 Å². The molecule has 2 aromatic heterocycles. The third-order valence-electron chi connectivity index (χ3n) is 4.16. The summed E-state index contributed by atoms with van der Waals surface area (Å²) in [6, 6.07) is 3.58. The second-order valence-electron chi connectivity index (χ2n) is 5.76. The Morgan fingerprint density at radius 3 is 2.88 bits per heavy atom. The van der Waals surface area contributed by atoms with Crippen molar-refractivity contribution in [3.63, 3.8) is 0 Å². The third kappa shape index (κ3) is 4.23. The molecule has 24 heavy (non-hydrogen) atoms. The maximum absolute atomic E-state index is 12.8. The van der Waals surface area contributed by atoms with Gasteiger partial charge < -0.3 is 10.6 Å². The van der Waals surface area contributed by atoms with Gasteiger partial charge in [-0.25, -0.2) is 14.6 Å². The average Bonchev–Trinajstić information content (AvgIpc) is 3.08. The zero-order valence-electron chi connectivity index (χ0n) is 13.4. The molecule has 0 aromatic carbocycles. The molecular weight excluding hydrogens is 351 g/mol. The maximum Gasteiger partial charge on any atom is 0.254 e. The minimum Gasteiger partial charge on any atom is -0.334 e. The third-order valence-corrected chi connectivity index (χ3v) is 4.16. The van der Waals surface area contributed by atoms with Gasteiger partial charge in [0.25, 0.3) is 5.91 Å². The summed E-state index contributed by atoms with van der Waals surface area (Å²) >= 11 is 0. The van der Waals surface area contributed by atoms with Crippen LogP contribution in [-0.2, 0) is 0 Å². The number of carbonyl (C=O) groups excluding carboxylic acids is 1. The zero-order chi connectivity index (χ0) is 15.5. The van der Waals surface area contributed by atoms with Gasteiger partial charge in [-0.05, 0) is 30.9 Å². The van der Waals surface area contributed by atoms with Crippen molar-refractivity contribution >= 4 is 30.7 Å². The highest BCUT2D eigenvalue weighted by atomic mass is 35.5. The SMILES string of the molecule is CC1CCN(C(=O)c2ccnc(-n3cncn3)c2)C(CN)C1.Cl.Cl. The van der Waals surface area contributed by atoms with Crippen LogP contribution in [0.3, 0.4) is 0 Å². The van der Waals surface area contributed by atoms with Crippen LogP contribution in [0.2, 0.25) is 0 Å². The number of aromatic nitrogens is 4. The van der Waals surface area contributed by atoms with Crippen molar-refractivity contribution in [2.75, 3.05) is 13.1 Å². The molecule has 9 heteroatoms. The predicted molar refractivity (Wildman–Crippen MR) is 95.9 cm³/mol. The Morgan fingerprint density at radius 1 is 1.42 bits per heavy atom. The molecular formula is C15H22Cl2N6O. The molecule has 1 aliphatic heterocycles. The van der Waals surface area contributed by atoms with Gasteiger partial charge in [-0.3, -0.25) is 4.79 Å². The van der Waals surface area contributed by atoms with Crippen molar-refractivity contribution in [2.24, 2.45) is 11.7 Å². The topological polar surface area (TPSA) is 89.9 Å². The maximum atomic E-state index is 12.8. The van der Waals surface area contributed by atoms with E-state index in [1.54, 1.807) is 24.7 Å². The van der Waals surface area contributed by atoms with Crippen LogP contribution in [0.15, 0.2) is 31.0 Å². The van der Waals surface area contributed by atoms with Crippen molar-refractivity contribution in [1.29, 1.82) is 0 Å². The number of piperidine rings is 1. The molecule has 0 saturated carbocycles. The van der Waals surface area contributed by atoms with Gasteiger partial charge >= 0.3 is 0 Å². The van der Waals surface area contributed by atoms with E-state index in [0.29, 0.717) is 23.8 Å². The molecule has 2 N–H and O–H groups in total. The lowest BCUT2D eigenvalue weighted by Crippen LogP contribution is -2.49. The fraction of sp³-hybridized carbons (Fsp3) is 0.467. The number of halogens is 2. The summed E-state index contributed by atoms with van der Waals surface area (Å²) in [6.45, 7) is 3.46. The molecule has 1 saturated heterocycles. The van der Waals surface area contributed by atoms with Gasteiger partial charge in [-0.2, -0.15) is 5.10 Å². The van der Waals surface area contributed by atoms with Crippen LogP contribution in [-0.4, -0.2) is 49.7 Å². The number of carbonyl (C=O) groups is 1. The van der Waals surface area contributed by atoms with Crippen LogP contribution in [0, 0.1) is 5.92 Å². The summed E-state index contributed by atoms with van der Waals surface area (Å²) in [4.78, 5) is 22.8. The molecule has 132 valence electrons. The summed E-state index contributed by atoms with van der Waals surface area (Å²) < 4.78 is 1.54. The quantitative estimate of drug-likeness (QED) is 0.885. The van der Waals surface area contributed by atoms with Gasteiger partial charge in [0.1, 0.15) is 12.7 Å². The molecule has 0 bridgehead atoms. The highest BCUT2D eigenvalue weighted by Crippen LogP contribution is 2.23. The van der Waals surface area contributed by atoms with Gasteiger partial charge in [-0.15, -0.1) is 24.8 Å². The van der Waals surface area contributed by atoms with E-state index >= 15 is 0 Å². The molecule has 2 aromatic rings. The monoisotopic (exact) mass is 372 g/mol. The Bertz CT molecular complexity index is 651. The number of pyridine rings is 1. The minimum absolute atomic E-state index is 0. The molecule has 0 aliphatic carbocycles. The molecule has 0 spiro atoms. The Morgan fingerprint density at radius 2 is 2.21 bits per heavy atom. The molecule has 0 radical (unpaired) electrons. The lowest BCUT2D eigenvalue weighted by molar-refractivity contribution is 0.0573. The summed E-state index contributed by atoms with van der Waals surface area (Å²) in [6.07, 6.45) is 6.59. The Labute approximate surface area is 153 Å². The molecule has 1 amide bonds. The number of hydrogen-bond donors (Lipinski definition) is 1. The van der Waals surface area contributed by atoms with E-state index in [4.69, 9.17) is 5.73 Å². The molecule has 2 unspecified atom stereocenters. The van der Waals surface area contributed by atoms with E-state index in [9.17, 15) is 4.79 Å². The Balaban J connectivity index is 0.00000144. The van der Waals surface area contributed by atoms with Crippen LogP contribution in [0.1, 0.15) is 30.1 Å². The normalized spacial score (nSPS) is 20.0. The van der Waals surface area contributed by atoms with Crippen LogP contribution in [0.4, 0.5) is 0 Å². The van der Waals surface area contributed by atoms with E-state index in [1.165, 1.54) is 11.0 Å². The van der Waals surface area contributed by atoms with Crippen LogP contribution >= 0.6 is 24.8 Å². The van der Waals surface area contributed by atoms with E-state index in [1.807, 2.05) is 4.90 Å². The largest absolute Gasteiger partial charge is 0.334 e. The highest BCUT2D eigenvalue weighted by Gasteiger charge is 2.29. The van der Waals surface area contributed by atoms with Crippen LogP contribution < -0.4 is 5.73 Å². The lowest BCUT2D eigenvalue weighted by Gasteiger charge is -2.38. The minimum atomic E-state index is 0. The first-order valence-electron chi connectivity index (χ1n) is 7.51. The smallest absolute Gasteiger partial charge is 0.254 e. The summed E-state index contributed by atoms with van der Waals surface area (Å²) in [5, 5.41) is 4.04. The van der Waals surface area contributed by atoms with Gasteiger partial charge in [0.15, 0.2) is 5.82 Å². The number of hydrogen-bond acceptors (Lipinski definition) is 5. The van der Waals surface area contributed by atoms with Crippen molar-refractivity contribution in [3.8, 4) is 5.82 Å². The van der Waals surface area contributed by atoms with E-state index in [-0.39, 0.29) is 36.8 Å². The zero-order valence-corrected chi connectivity index (χ0v) is 15.0. The Kier molecular flexibility index (Phi) is 7.59. The number of likely N-dealkylation sites (tertiary alicyclic amines) is 1. The fourth-order valence-electron chi connectivity index (χ4n) is 2.91. The van der Waals surface area contributed by atoms with Crippen molar-refractivity contribution in [1.82, 2.24) is 24.6 Å². The van der Waals surface area contributed by atoms with E-state index < -0.39 is 0 Å². The van der Waals surface area contributed by atoms with Gasteiger partial charge in [0.05, 0.1) is 0 Å². The van der Waals surface area contributed by atoms with E-state index in [2.05, 4.69) is 22.0 Å². The predicted octanol–water partition coefficient (Wildman–Crippen LogP) is 1.71. The molecule has 3 rings (SSSR count). The van der Waals surface area contributed by atoms with E-state index in [0.717, 1.165) is 19.4 Å². The first kappa shape index (κ1) is 20.3. The first-order chi connectivity index (χ1) is 10.7. The van der Waals surface area contributed by atoms with Crippen molar-refractivity contribution in [3.05, 3.63) is 36.5 Å². The number of nitrogens with two attached hydrogens (primary N) is 1. The lowest BCUT2D eigenvalue weighted by atomic mass is 9.92.